The number of esters is 1. The van der Waals surface area contributed by atoms with Gasteiger partial charge in [0.15, 0.2) is 0 Å². The molecule has 0 aliphatic carbocycles. The molecule has 0 atom stereocenters. The van der Waals surface area contributed by atoms with Crippen LogP contribution in [0, 0.1) is 13.8 Å². The minimum atomic E-state index is -0.461. The summed E-state index contributed by atoms with van der Waals surface area (Å²) in [6.07, 6.45) is 1.60. The van der Waals surface area contributed by atoms with Crippen LogP contribution in [0.25, 0.3) is 10.8 Å². The second-order valence-corrected chi connectivity index (χ2v) is 7.32. The number of rotatable bonds is 5. The van der Waals surface area contributed by atoms with E-state index in [4.69, 9.17) is 4.74 Å². The first-order chi connectivity index (χ1) is 12.9. The number of aromatic nitrogens is 1. The van der Waals surface area contributed by atoms with Gasteiger partial charge in [-0.05, 0) is 43.9 Å². The Morgan fingerprint density at radius 3 is 2.67 bits per heavy atom. The maximum Gasteiger partial charge on any atom is 0.341 e. The van der Waals surface area contributed by atoms with Crippen molar-refractivity contribution < 1.29 is 14.3 Å². The van der Waals surface area contributed by atoms with Gasteiger partial charge in [0.1, 0.15) is 11.5 Å². The molecule has 0 fully saturated rings. The molecule has 140 valence electrons. The van der Waals surface area contributed by atoms with E-state index in [1.54, 1.807) is 31.3 Å². The third-order valence-electron chi connectivity index (χ3n) is 4.32. The molecular weight excluding hydrogens is 364 g/mol. The first-order valence-corrected chi connectivity index (χ1v) is 9.39. The number of thiophene rings is 1. The number of hydrogen-bond donors (Lipinski definition) is 1. The molecule has 6 nitrogen and oxygen atoms in total. The summed E-state index contributed by atoms with van der Waals surface area (Å²) in [5.41, 5.74) is 0.933. The number of ether oxygens (including phenoxy) is 1. The number of pyridine rings is 1. The SMILES string of the molecule is CCOC(=O)c1c(NC(=O)Cn2ccc3ccccc3c2=O)sc(C)c1C. The van der Waals surface area contributed by atoms with Gasteiger partial charge in [0.2, 0.25) is 5.91 Å². The second kappa shape index (κ2) is 7.75. The Kier molecular flexibility index (Phi) is 5.41. The fraction of sp³-hybridized carbons (Fsp3) is 0.250. The zero-order valence-electron chi connectivity index (χ0n) is 15.4. The van der Waals surface area contributed by atoms with E-state index in [9.17, 15) is 14.4 Å². The summed E-state index contributed by atoms with van der Waals surface area (Å²) < 4.78 is 6.45. The van der Waals surface area contributed by atoms with Crippen molar-refractivity contribution in [3.8, 4) is 0 Å². The molecule has 0 bridgehead atoms. The van der Waals surface area contributed by atoms with Crippen LogP contribution in [0.15, 0.2) is 41.3 Å². The van der Waals surface area contributed by atoms with Crippen molar-refractivity contribution in [1.29, 1.82) is 0 Å². The Balaban J connectivity index is 1.85. The third-order valence-corrected chi connectivity index (χ3v) is 5.44. The van der Waals surface area contributed by atoms with E-state index in [2.05, 4.69) is 5.32 Å². The number of nitrogens with one attached hydrogen (secondary N) is 1. The Hall–Kier alpha value is -2.93. The van der Waals surface area contributed by atoms with Crippen molar-refractivity contribution in [3.63, 3.8) is 0 Å². The van der Waals surface area contributed by atoms with Gasteiger partial charge in [-0.25, -0.2) is 4.79 Å². The molecule has 3 aromatic rings. The van der Waals surface area contributed by atoms with Gasteiger partial charge in [0, 0.05) is 16.5 Å². The molecule has 27 heavy (non-hydrogen) atoms. The number of benzene rings is 1. The van der Waals surface area contributed by atoms with Gasteiger partial charge in [0.05, 0.1) is 12.2 Å². The van der Waals surface area contributed by atoms with Crippen LogP contribution < -0.4 is 10.9 Å². The molecule has 0 aliphatic rings. The average molecular weight is 384 g/mol. The van der Waals surface area contributed by atoms with E-state index in [1.807, 2.05) is 26.0 Å². The quantitative estimate of drug-likeness (QED) is 0.683. The minimum Gasteiger partial charge on any atom is -0.462 e. The van der Waals surface area contributed by atoms with Crippen LogP contribution in [-0.4, -0.2) is 23.1 Å². The Morgan fingerprint density at radius 2 is 1.93 bits per heavy atom. The fourth-order valence-corrected chi connectivity index (χ4v) is 3.90. The number of carbonyl (C=O) groups is 2. The smallest absolute Gasteiger partial charge is 0.341 e. The number of amides is 1. The monoisotopic (exact) mass is 384 g/mol. The van der Waals surface area contributed by atoms with Crippen LogP contribution in [0.2, 0.25) is 0 Å². The molecule has 0 radical (unpaired) electrons. The second-order valence-electron chi connectivity index (χ2n) is 6.09. The maximum absolute atomic E-state index is 12.5. The van der Waals surface area contributed by atoms with Crippen LogP contribution in [0.1, 0.15) is 27.7 Å². The van der Waals surface area contributed by atoms with Crippen LogP contribution in [0.5, 0.6) is 0 Å². The number of hydrogen-bond acceptors (Lipinski definition) is 5. The van der Waals surface area contributed by atoms with E-state index in [0.29, 0.717) is 16.0 Å². The molecule has 7 heteroatoms. The van der Waals surface area contributed by atoms with Gasteiger partial charge < -0.3 is 14.6 Å². The van der Waals surface area contributed by atoms with Crippen molar-refractivity contribution in [2.24, 2.45) is 0 Å². The average Bonchev–Trinajstić information content (AvgIpc) is 2.91. The lowest BCUT2D eigenvalue weighted by Gasteiger charge is -2.09. The standard InChI is InChI=1S/C20H20N2O4S/c1-4-26-20(25)17-12(2)13(3)27-18(17)21-16(23)11-22-10-9-14-7-5-6-8-15(14)19(22)24/h5-10H,4,11H2,1-3H3,(H,21,23). The van der Waals surface area contributed by atoms with Gasteiger partial charge in [-0.15, -0.1) is 11.3 Å². The van der Waals surface area contributed by atoms with Gasteiger partial charge in [-0.3, -0.25) is 9.59 Å². The molecule has 0 saturated heterocycles. The van der Waals surface area contributed by atoms with Crippen molar-refractivity contribution in [2.45, 2.75) is 27.3 Å². The predicted molar refractivity (Wildman–Crippen MR) is 107 cm³/mol. The first-order valence-electron chi connectivity index (χ1n) is 8.57. The van der Waals surface area contributed by atoms with Crippen LogP contribution >= 0.6 is 11.3 Å². The molecule has 3 rings (SSSR count). The number of fused-ring (bicyclic) bond motifs is 1. The topological polar surface area (TPSA) is 77.4 Å². The largest absolute Gasteiger partial charge is 0.462 e. The van der Waals surface area contributed by atoms with Gasteiger partial charge >= 0.3 is 5.97 Å². The Labute approximate surface area is 160 Å². The van der Waals surface area contributed by atoms with Gasteiger partial charge in [0.25, 0.3) is 5.56 Å². The third kappa shape index (κ3) is 3.78. The molecule has 2 aromatic heterocycles. The van der Waals surface area contributed by atoms with Crippen LogP contribution in [0.3, 0.4) is 0 Å². The first kappa shape index (κ1) is 18.8. The van der Waals surface area contributed by atoms with Crippen molar-refractivity contribution in [1.82, 2.24) is 4.57 Å². The van der Waals surface area contributed by atoms with E-state index in [-0.39, 0.29) is 24.6 Å². The highest BCUT2D eigenvalue weighted by Gasteiger charge is 2.22. The summed E-state index contributed by atoms with van der Waals surface area (Å²) in [6, 6.07) is 9.03. The minimum absolute atomic E-state index is 0.137. The summed E-state index contributed by atoms with van der Waals surface area (Å²) >= 11 is 1.32. The fourth-order valence-electron chi connectivity index (χ4n) is 2.84. The van der Waals surface area contributed by atoms with Crippen LogP contribution in [0.4, 0.5) is 5.00 Å². The van der Waals surface area contributed by atoms with Crippen molar-refractivity contribution in [3.05, 3.63) is 62.9 Å². The number of carbonyl (C=O) groups excluding carboxylic acids is 2. The summed E-state index contributed by atoms with van der Waals surface area (Å²) in [7, 11) is 0. The number of aryl methyl sites for hydroxylation is 1. The zero-order valence-corrected chi connectivity index (χ0v) is 16.2. The molecule has 0 unspecified atom stereocenters. The maximum atomic E-state index is 12.5. The highest BCUT2D eigenvalue weighted by atomic mass is 32.1. The number of anilines is 1. The summed E-state index contributed by atoms with van der Waals surface area (Å²) in [5.74, 6) is -0.836. The molecule has 1 N–H and O–H groups in total. The van der Waals surface area contributed by atoms with E-state index >= 15 is 0 Å². The summed E-state index contributed by atoms with van der Waals surface area (Å²) in [5, 5.41) is 4.59. The summed E-state index contributed by atoms with van der Waals surface area (Å²) in [6.45, 7) is 5.56. The van der Waals surface area contributed by atoms with E-state index in [1.165, 1.54) is 15.9 Å². The Bertz CT molecular complexity index is 1080. The highest BCUT2D eigenvalue weighted by Crippen LogP contribution is 2.33. The lowest BCUT2D eigenvalue weighted by molar-refractivity contribution is -0.116. The van der Waals surface area contributed by atoms with Crippen molar-refractivity contribution in [2.75, 3.05) is 11.9 Å². The molecular formula is C20H20N2O4S. The molecule has 1 aromatic carbocycles. The predicted octanol–water partition coefficient (Wildman–Crippen LogP) is 3.50. The van der Waals surface area contributed by atoms with Gasteiger partial charge in [-0.1, -0.05) is 18.2 Å². The van der Waals surface area contributed by atoms with Gasteiger partial charge in [-0.2, -0.15) is 0 Å². The summed E-state index contributed by atoms with van der Waals surface area (Å²) in [4.78, 5) is 38.2. The van der Waals surface area contributed by atoms with E-state index < -0.39 is 5.97 Å². The van der Waals surface area contributed by atoms with Crippen LogP contribution in [-0.2, 0) is 16.1 Å². The zero-order chi connectivity index (χ0) is 19.6. The number of nitrogens with zero attached hydrogens (tertiary/aromatic N) is 1. The molecule has 0 saturated carbocycles. The Morgan fingerprint density at radius 1 is 1.19 bits per heavy atom. The lowest BCUT2D eigenvalue weighted by atomic mass is 10.1. The lowest BCUT2D eigenvalue weighted by Crippen LogP contribution is -2.27. The molecule has 0 spiro atoms. The van der Waals surface area contributed by atoms with Crippen molar-refractivity contribution >= 4 is 39.0 Å². The normalized spacial score (nSPS) is 10.8. The molecule has 1 amide bonds. The van der Waals surface area contributed by atoms with E-state index in [0.717, 1.165) is 15.8 Å². The molecule has 0 aliphatic heterocycles. The molecule has 2 heterocycles. The highest BCUT2D eigenvalue weighted by molar-refractivity contribution is 7.16.